The van der Waals surface area contributed by atoms with Gasteiger partial charge < -0.3 is 9.84 Å². The van der Waals surface area contributed by atoms with Gasteiger partial charge in [0, 0.05) is 0 Å². The fraction of sp³-hybridized carbons (Fsp3) is 0.0556. The minimum atomic E-state index is -0.833. The Kier molecular flexibility index (Phi) is 5.33. The van der Waals surface area contributed by atoms with Crippen LogP contribution in [0, 0.1) is 0 Å². The van der Waals surface area contributed by atoms with Gasteiger partial charge >= 0.3 is 6.03 Å². The molecule has 0 aromatic heterocycles. The molecule has 1 aliphatic heterocycles. The minimum absolute atomic E-state index is 0.00777. The van der Waals surface area contributed by atoms with Gasteiger partial charge in [0.1, 0.15) is 17.1 Å². The van der Waals surface area contributed by atoms with Crippen molar-refractivity contribution in [2.75, 3.05) is 12.0 Å². The molecule has 1 fully saturated rings. The van der Waals surface area contributed by atoms with Gasteiger partial charge in [-0.25, -0.2) is 9.69 Å². The Bertz CT molecular complexity index is 963. The number of methoxy groups -OCH3 is 1. The van der Waals surface area contributed by atoms with Crippen molar-refractivity contribution in [3.63, 3.8) is 0 Å². The number of carbonyl (C=O) groups is 3. The number of nitrogens with one attached hydrogen (secondary N) is 1. The van der Waals surface area contributed by atoms with Gasteiger partial charge in [-0.1, -0.05) is 0 Å². The number of barbiturate groups is 1. The molecule has 1 aliphatic rings. The highest BCUT2D eigenvalue weighted by Crippen LogP contribution is 2.34. The van der Waals surface area contributed by atoms with E-state index in [9.17, 15) is 19.5 Å². The summed E-state index contributed by atoms with van der Waals surface area (Å²) < 4.78 is 5.83. The molecule has 0 aliphatic carbocycles. The molecule has 1 heterocycles. The normalized spacial score (nSPS) is 15.9. The second-order valence-corrected chi connectivity index (χ2v) is 7.20. The molecule has 2 aromatic carbocycles. The van der Waals surface area contributed by atoms with Crippen molar-refractivity contribution >= 4 is 61.5 Å². The van der Waals surface area contributed by atoms with Crippen LogP contribution < -0.4 is 15.0 Å². The molecule has 0 saturated carbocycles. The predicted octanol–water partition coefficient (Wildman–Crippen LogP) is 3.59. The lowest BCUT2D eigenvalue weighted by Crippen LogP contribution is -2.54. The number of amides is 4. The third-order valence-electron chi connectivity index (χ3n) is 3.78. The second-order valence-electron chi connectivity index (χ2n) is 5.49. The number of carbonyl (C=O) groups excluding carboxylic acids is 3. The maximum Gasteiger partial charge on any atom is 0.335 e. The lowest BCUT2D eigenvalue weighted by atomic mass is 10.1. The number of phenolic OH excluding ortho intramolecular Hbond substituents is 1. The highest BCUT2D eigenvalue weighted by molar-refractivity contribution is 9.11. The van der Waals surface area contributed by atoms with Crippen LogP contribution in [0.3, 0.4) is 0 Å². The zero-order chi connectivity index (χ0) is 19.7. The van der Waals surface area contributed by atoms with Crippen LogP contribution in [0.2, 0.25) is 0 Å². The number of nitrogens with zero attached hydrogens (tertiary/aromatic N) is 1. The van der Waals surface area contributed by atoms with Crippen LogP contribution in [0.15, 0.2) is 50.9 Å². The van der Waals surface area contributed by atoms with Gasteiger partial charge in [0.15, 0.2) is 0 Å². The molecular formula is C18H12Br2N2O5. The zero-order valence-electron chi connectivity index (χ0n) is 13.8. The van der Waals surface area contributed by atoms with E-state index in [-0.39, 0.29) is 11.3 Å². The maximum atomic E-state index is 12.8. The van der Waals surface area contributed by atoms with E-state index >= 15 is 0 Å². The monoisotopic (exact) mass is 494 g/mol. The van der Waals surface area contributed by atoms with Crippen molar-refractivity contribution < 1.29 is 24.2 Å². The molecule has 1 saturated heterocycles. The van der Waals surface area contributed by atoms with E-state index in [1.807, 2.05) is 0 Å². The smallest absolute Gasteiger partial charge is 0.335 e. The molecule has 0 atom stereocenters. The summed E-state index contributed by atoms with van der Waals surface area (Å²) in [5, 5.41) is 11.9. The van der Waals surface area contributed by atoms with Gasteiger partial charge in [-0.15, -0.1) is 0 Å². The third kappa shape index (κ3) is 3.74. The van der Waals surface area contributed by atoms with E-state index in [4.69, 9.17) is 4.74 Å². The molecule has 0 unspecified atom stereocenters. The molecule has 0 bridgehead atoms. The first-order valence-corrected chi connectivity index (χ1v) is 9.14. The van der Waals surface area contributed by atoms with Gasteiger partial charge in [-0.2, -0.15) is 0 Å². The van der Waals surface area contributed by atoms with E-state index in [1.165, 1.54) is 25.3 Å². The molecule has 138 valence electrons. The van der Waals surface area contributed by atoms with E-state index in [1.54, 1.807) is 24.3 Å². The van der Waals surface area contributed by atoms with E-state index < -0.39 is 17.8 Å². The molecule has 9 heteroatoms. The second kappa shape index (κ2) is 7.53. The molecule has 27 heavy (non-hydrogen) atoms. The largest absolute Gasteiger partial charge is 0.506 e. The zero-order valence-corrected chi connectivity index (χ0v) is 17.0. The fourth-order valence-corrected chi connectivity index (χ4v) is 3.68. The first-order valence-electron chi connectivity index (χ1n) is 7.55. The number of phenols is 1. The summed E-state index contributed by atoms with van der Waals surface area (Å²) in [7, 11) is 1.50. The van der Waals surface area contributed by atoms with Gasteiger partial charge in [-0.3, -0.25) is 14.9 Å². The van der Waals surface area contributed by atoms with E-state index in [2.05, 4.69) is 37.2 Å². The summed E-state index contributed by atoms with van der Waals surface area (Å²) in [4.78, 5) is 38.1. The van der Waals surface area contributed by atoms with Gasteiger partial charge in [0.05, 0.1) is 21.7 Å². The molecule has 0 radical (unpaired) electrons. The molecular weight excluding hydrogens is 484 g/mol. The minimum Gasteiger partial charge on any atom is -0.506 e. The van der Waals surface area contributed by atoms with Crippen LogP contribution in [0.1, 0.15) is 5.56 Å². The quantitative estimate of drug-likeness (QED) is 0.501. The highest BCUT2D eigenvalue weighted by Gasteiger charge is 2.36. The number of benzene rings is 2. The Morgan fingerprint density at radius 2 is 1.67 bits per heavy atom. The van der Waals surface area contributed by atoms with E-state index in [0.717, 1.165) is 4.90 Å². The molecule has 3 rings (SSSR count). The average Bonchev–Trinajstić information content (AvgIpc) is 2.63. The Balaban J connectivity index is 2.01. The maximum absolute atomic E-state index is 12.8. The topological polar surface area (TPSA) is 95.9 Å². The third-order valence-corrected chi connectivity index (χ3v) is 4.99. The fourth-order valence-electron chi connectivity index (χ4n) is 2.46. The lowest BCUT2D eigenvalue weighted by molar-refractivity contribution is -0.122. The number of rotatable bonds is 3. The summed E-state index contributed by atoms with van der Waals surface area (Å²) in [5.74, 6) is -0.995. The molecule has 4 amide bonds. The number of imide groups is 2. The van der Waals surface area contributed by atoms with Crippen LogP contribution in [0.5, 0.6) is 11.5 Å². The summed E-state index contributed by atoms with van der Waals surface area (Å²) >= 11 is 6.39. The molecule has 0 spiro atoms. The first kappa shape index (κ1) is 19.1. The number of hydrogen-bond donors (Lipinski definition) is 2. The average molecular weight is 496 g/mol. The van der Waals surface area contributed by atoms with Gasteiger partial charge in [-0.05, 0) is 79.9 Å². The molecule has 2 aromatic rings. The first-order chi connectivity index (χ1) is 12.8. The molecule has 7 nitrogen and oxygen atoms in total. The van der Waals surface area contributed by atoms with Crippen LogP contribution in [-0.2, 0) is 9.59 Å². The predicted molar refractivity (Wildman–Crippen MR) is 106 cm³/mol. The highest BCUT2D eigenvalue weighted by atomic mass is 79.9. The van der Waals surface area contributed by atoms with Crippen molar-refractivity contribution in [1.29, 1.82) is 0 Å². The number of anilines is 1. The number of aromatic hydroxyl groups is 1. The Morgan fingerprint density at radius 1 is 1.07 bits per heavy atom. The molecule has 2 N–H and O–H groups in total. The summed E-state index contributed by atoms with van der Waals surface area (Å²) in [5.41, 5.74) is 0.564. The van der Waals surface area contributed by atoms with Crippen LogP contribution in [-0.4, -0.2) is 30.1 Å². The standard InChI is InChI=1S/C18H12Br2N2O5/c1-27-11-4-2-10(3-5-11)22-17(25)12(16(24)21-18(22)26)6-9-7-13(19)15(23)14(20)8-9/h2-8,23H,1H3,(H,21,24,26)/b12-6-. The van der Waals surface area contributed by atoms with Crippen LogP contribution in [0.4, 0.5) is 10.5 Å². The Hall–Kier alpha value is -2.65. The van der Waals surface area contributed by atoms with Crippen molar-refractivity contribution in [1.82, 2.24) is 5.32 Å². The summed E-state index contributed by atoms with van der Waals surface area (Å²) in [6, 6.07) is 8.53. The van der Waals surface area contributed by atoms with Gasteiger partial charge in [0.2, 0.25) is 0 Å². The van der Waals surface area contributed by atoms with Gasteiger partial charge in [0.25, 0.3) is 11.8 Å². The van der Waals surface area contributed by atoms with Crippen molar-refractivity contribution in [3.8, 4) is 11.5 Å². The number of ether oxygens (including phenoxy) is 1. The van der Waals surface area contributed by atoms with Crippen molar-refractivity contribution in [2.45, 2.75) is 0 Å². The SMILES string of the molecule is COc1ccc(N2C(=O)NC(=O)/C(=C/c3cc(Br)c(O)c(Br)c3)C2=O)cc1. The Labute approximate surface area is 170 Å². The van der Waals surface area contributed by atoms with Crippen LogP contribution in [0.25, 0.3) is 6.08 Å². The summed E-state index contributed by atoms with van der Waals surface area (Å²) in [6.07, 6.45) is 1.34. The van der Waals surface area contributed by atoms with Crippen molar-refractivity contribution in [2.24, 2.45) is 0 Å². The van der Waals surface area contributed by atoms with E-state index in [0.29, 0.717) is 25.9 Å². The number of halogens is 2. The van der Waals surface area contributed by atoms with Crippen LogP contribution >= 0.6 is 31.9 Å². The lowest BCUT2D eigenvalue weighted by Gasteiger charge is -2.26. The number of hydrogen-bond acceptors (Lipinski definition) is 5. The Morgan fingerprint density at radius 3 is 2.22 bits per heavy atom. The number of urea groups is 1. The van der Waals surface area contributed by atoms with Crippen molar-refractivity contribution in [3.05, 3.63) is 56.5 Å². The summed E-state index contributed by atoms with van der Waals surface area (Å²) in [6.45, 7) is 0.